The Labute approximate surface area is 239 Å². The minimum absolute atomic E-state index is 0.131. The molecule has 0 saturated heterocycles. The Kier molecular flexibility index (Phi) is 6.72. The number of fused-ring (bicyclic) bond motifs is 1. The zero-order valence-electron chi connectivity index (χ0n) is 21.4. The first-order chi connectivity index (χ1) is 18.6. The Morgan fingerprint density at radius 3 is 2.64 bits per heavy atom. The van der Waals surface area contributed by atoms with Crippen LogP contribution in [0.3, 0.4) is 0 Å². The molecule has 10 heteroatoms. The highest BCUT2D eigenvalue weighted by Gasteiger charge is 2.51. The molecule has 6 rings (SSSR count). The van der Waals surface area contributed by atoms with E-state index >= 15 is 0 Å². The van der Waals surface area contributed by atoms with Gasteiger partial charge in [-0.1, -0.05) is 48.3 Å². The molecule has 0 unspecified atom stereocenters. The number of nitriles is 1. The first-order valence-electron chi connectivity index (χ1n) is 12.9. The molecule has 1 N–H and O–H groups in total. The van der Waals surface area contributed by atoms with E-state index in [1.807, 2.05) is 19.9 Å². The van der Waals surface area contributed by atoms with Crippen molar-refractivity contribution in [1.29, 1.82) is 5.26 Å². The van der Waals surface area contributed by atoms with Crippen molar-refractivity contribution >= 4 is 44.8 Å². The van der Waals surface area contributed by atoms with Crippen molar-refractivity contribution in [3.63, 3.8) is 0 Å². The fraction of sp³-hybridized carbons (Fsp3) is 0.414. The molecule has 2 atom stereocenters. The van der Waals surface area contributed by atoms with Crippen LogP contribution in [0.5, 0.6) is 0 Å². The predicted molar refractivity (Wildman–Crippen MR) is 148 cm³/mol. The first-order valence-corrected chi connectivity index (χ1v) is 14.5. The van der Waals surface area contributed by atoms with Crippen LogP contribution in [-0.4, -0.2) is 21.4 Å². The maximum Gasteiger partial charge on any atom is 0.151 e. The average molecular weight is 587 g/mol. The molecule has 2 aliphatic carbocycles. The molecule has 0 bridgehead atoms. The van der Waals surface area contributed by atoms with Gasteiger partial charge in [0.05, 0.1) is 39.1 Å². The lowest BCUT2D eigenvalue weighted by Gasteiger charge is -2.47. The van der Waals surface area contributed by atoms with Crippen LogP contribution in [0.1, 0.15) is 73.8 Å². The van der Waals surface area contributed by atoms with E-state index in [0.717, 1.165) is 24.2 Å². The molecule has 0 aliphatic heterocycles. The molecule has 0 spiro atoms. The number of ether oxygens (including phenoxy) is 1. The van der Waals surface area contributed by atoms with E-state index in [2.05, 4.69) is 10.1 Å². The Hall–Kier alpha value is -2.54. The van der Waals surface area contributed by atoms with E-state index in [0.29, 0.717) is 56.2 Å². The van der Waals surface area contributed by atoms with Gasteiger partial charge in [0.25, 0.3) is 0 Å². The molecule has 0 radical (unpaired) electrons. The third kappa shape index (κ3) is 4.64. The standard InChI is InChI=1S/C29H26Cl2FN3O3S/c1-28(2)12-17(8-9-29(28,36)27-34-25-21(32)10-15(13-33)11-22(25)39-27)37-14-18-24(35-38-26(18)16-6-7-16)23-19(30)4-3-5-20(23)31/h3-5,10-11,16-17,36H,6-9,12,14H2,1-2H3/t17-,29-/m1/s1. The van der Waals surface area contributed by atoms with Crippen molar-refractivity contribution in [2.45, 2.75) is 70.2 Å². The molecule has 2 saturated carbocycles. The van der Waals surface area contributed by atoms with Gasteiger partial charge in [0, 0.05) is 22.5 Å². The van der Waals surface area contributed by atoms with E-state index in [1.165, 1.54) is 17.4 Å². The summed E-state index contributed by atoms with van der Waals surface area (Å²) in [5.41, 5.74) is 0.644. The zero-order chi connectivity index (χ0) is 27.5. The molecule has 2 aromatic carbocycles. The van der Waals surface area contributed by atoms with Gasteiger partial charge in [-0.25, -0.2) is 9.37 Å². The summed E-state index contributed by atoms with van der Waals surface area (Å²) in [6.07, 6.45) is 3.51. The third-order valence-corrected chi connectivity index (χ3v) is 9.83. The summed E-state index contributed by atoms with van der Waals surface area (Å²) >= 11 is 14.2. The lowest BCUT2D eigenvalue weighted by atomic mass is 9.64. The minimum Gasteiger partial charge on any atom is -0.382 e. The van der Waals surface area contributed by atoms with Crippen LogP contribution < -0.4 is 0 Å². The number of hydrogen-bond acceptors (Lipinski definition) is 7. The second kappa shape index (κ2) is 9.83. The van der Waals surface area contributed by atoms with Gasteiger partial charge in [0.15, 0.2) is 5.82 Å². The van der Waals surface area contributed by atoms with Crippen molar-refractivity contribution in [2.24, 2.45) is 5.41 Å². The molecule has 2 aromatic heterocycles. The van der Waals surface area contributed by atoms with E-state index in [1.54, 1.807) is 24.3 Å². The normalized spacial score (nSPS) is 22.7. The van der Waals surface area contributed by atoms with Crippen LogP contribution >= 0.6 is 34.5 Å². The molecule has 6 nitrogen and oxygen atoms in total. The number of aliphatic hydroxyl groups is 1. The monoisotopic (exact) mass is 585 g/mol. The second-order valence-corrected chi connectivity index (χ2v) is 12.9. The number of benzene rings is 2. The summed E-state index contributed by atoms with van der Waals surface area (Å²) in [7, 11) is 0. The van der Waals surface area contributed by atoms with Crippen LogP contribution in [0.4, 0.5) is 4.39 Å². The van der Waals surface area contributed by atoms with E-state index in [4.69, 9.17) is 32.5 Å². The molecular weight excluding hydrogens is 560 g/mol. The van der Waals surface area contributed by atoms with Crippen LogP contribution in [0, 0.1) is 22.6 Å². The van der Waals surface area contributed by atoms with Crippen LogP contribution in [-0.2, 0) is 16.9 Å². The Morgan fingerprint density at radius 1 is 1.23 bits per heavy atom. The summed E-state index contributed by atoms with van der Waals surface area (Å²) in [5, 5.41) is 26.9. The molecular formula is C29H26Cl2FN3O3S. The molecule has 2 fully saturated rings. The quantitative estimate of drug-likeness (QED) is 0.245. The second-order valence-electron chi connectivity index (χ2n) is 11.1. The molecule has 202 valence electrons. The number of hydrogen-bond donors (Lipinski definition) is 1. The predicted octanol–water partition coefficient (Wildman–Crippen LogP) is 8.13. The van der Waals surface area contributed by atoms with Crippen LogP contribution in [0.2, 0.25) is 10.0 Å². The van der Waals surface area contributed by atoms with E-state index in [-0.39, 0.29) is 23.8 Å². The average Bonchev–Trinajstić information content (AvgIpc) is 3.50. The van der Waals surface area contributed by atoms with Crippen molar-refractivity contribution in [3.05, 3.63) is 68.1 Å². The summed E-state index contributed by atoms with van der Waals surface area (Å²) in [4.78, 5) is 4.49. The van der Waals surface area contributed by atoms with Crippen molar-refractivity contribution in [2.75, 3.05) is 0 Å². The van der Waals surface area contributed by atoms with Crippen molar-refractivity contribution in [3.8, 4) is 17.3 Å². The smallest absolute Gasteiger partial charge is 0.151 e. The number of halogens is 3. The highest BCUT2D eigenvalue weighted by Crippen LogP contribution is 2.53. The van der Waals surface area contributed by atoms with E-state index in [9.17, 15) is 14.8 Å². The summed E-state index contributed by atoms with van der Waals surface area (Å²) in [6.45, 7) is 4.25. The number of thiazole rings is 1. The van der Waals surface area contributed by atoms with Crippen LogP contribution in [0.25, 0.3) is 21.5 Å². The lowest BCUT2D eigenvalue weighted by molar-refractivity contribution is -0.146. The van der Waals surface area contributed by atoms with Gasteiger partial charge in [-0.15, -0.1) is 11.3 Å². The van der Waals surface area contributed by atoms with E-state index < -0.39 is 16.8 Å². The fourth-order valence-electron chi connectivity index (χ4n) is 5.57. The zero-order valence-corrected chi connectivity index (χ0v) is 23.8. The fourth-order valence-corrected chi connectivity index (χ4v) is 7.46. The van der Waals surface area contributed by atoms with Gasteiger partial charge in [-0.2, -0.15) is 5.26 Å². The molecule has 39 heavy (non-hydrogen) atoms. The van der Waals surface area contributed by atoms with Gasteiger partial charge in [0.2, 0.25) is 0 Å². The first kappa shape index (κ1) is 26.7. The third-order valence-electron chi connectivity index (χ3n) is 8.05. The Morgan fingerprint density at radius 2 is 1.97 bits per heavy atom. The molecule has 2 aliphatic rings. The highest BCUT2D eigenvalue weighted by molar-refractivity contribution is 7.18. The number of nitrogens with zero attached hydrogens (tertiary/aromatic N) is 3. The largest absolute Gasteiger partial charge is 0.382 e. The maximum atomic E-state index is 14.6. The molecule has 2 heterocycles. The summed E-state index contributed by atoms with van der Waals surface area (Å²) in [6, 6.07) is 10.1. The lowest BCUT2D eigenvalue weighted by Crippen LogP contribution is -2.48. The summed E-state index contributed by atoms with van der Waals surface area (Å²) in [5.74, 6) is 0.584. The van der Waals surface area contributed by atoms with Crippen molar-refractivity contribution in [1.82, 2.24) is 10.1 Å². The molecule has 0 amide bonds. The van der Waals surface area contributed by atoms with Gasteiger partial charge >= 0.3 is 0 Å². The van der Waals surface area contributed by atoms with Crippen molar-refractivity contribution < 1.29 is 18.8 Å². The molecule has 4 aromatic rings. The van der Waals surface area contributed by atoms with Gasteiger partial charge in [-0.3, -0.25) is 0 Å². The maximum absolute atomic E-state index is 14.6. The number of aromatic nitrogens is 2. The summed E-state index contributed by atoms with van der Waals surface area (Å²) < 4.78 is 27.4. The minimum atomic E-state index is -1.26. The topological polar surface area (TPSA) is 92.2 Å². The number of rotatable bonds is 6. The Balaban J connectivity index is 1.24. The Bertz CT molecular complexity index is 1600. The highest BCUT2D eigenvalue weighted by atomic mass is 35.5. The SMILES string of the molecule is CC1(C)C[C@H](OCc2c(-c3c(Cl)cccc3Cl)noc2C2CC2)CC[C@@]1(O)c1nc2c(F)cc(C#N)cc2s1. The van der Waals surface area contributed by atoms with Gasteiger partial charge in [0.1, 0.15) is 27.6 Å². The van der Waals surface area contributed by atoms with Crippen LogP contribution in [0.15, 0.2) is 34.9 Å². The van der Waals surface area contributed by atoms with Gasteiger partial charge < -0.3 is 14.4 Å². The van der Waals surface area contributed by atoms with Gasteiger partial charge in [-0.05, 0) is 56.4 Å².